The van der Waals surface area contributed by atoms with E-state index >= 15 is 0 Å². The minimum Gasteiger partial charge on any atom is -0.338 e. The van der Waals surface area contributed by atoms with Crippen molar-refractivity contribution in [2.75, 3.05) is 18.0 Å². The molecule has 1 aliphatic heterocycles. The van der Waals surface area contributed by atoms with Gasteiger partial charge < -0.3 is 10.6 Å². The summed E-state index contributed by atoms with van der Waals surface area (Å²) in [5, 5.41) is 7.38. The summed E-state index contributed by atoms with van der Waals surface area (Å²) in [6, 6.07) is 4.32. The molecule has 1 aromatic heterocycles. The standard InChI is InChI=1S/C14H17ClFN5/c1-8-4-5-21(7-12(8)17)14-18-13(19-20-14)10-3-2-9(16)6-11(10)15/h2-3,6,8,12H,4-5,7,17H2,1H3,(H,18,19,20). The molecule has 0 amide bonds. The number of benzene rings is 1. The Labute approximate surface area is 127 Å². The SMILES string of the molecule is CC1CCN(c2n[nH]c(-c3ccc(F)cc3Cl)n2)CC1N. The Morgan fingerprint density at radius 1 is 1.48 bits per heavy atom. The molecule has 0 spiro atoms. The summed E-state index contributed by atoms with van der Waals surface area (Å²) in [4.78, 5) is 6.51. The Hall–Kier alpha value is -1.66. The molecule has 21 heavy (non-hydrogen) atoms. The zero-order valence-corrected chi connectivity index (χ0v) is 12.4. The van der Waals surface area contributed by atoms with E-state index in [2.05, 4.69) is 27.0 Å². The molecule has 2 heterocycles. The van der Waals surface area contributed by atoms with Gasteiger partial charge in [0.1, 0.15) is 5.82 Å². The smallest absolute Gasteiger partial charge is 0.245 e. The average molecular weight is 310 g/mol. The Morgan fingerprint density at radius 2 is 2.29 bits per heavy atom. The molecule has 0 bridgehead atoms. The first-order chi connectivity index (χ1) is 10.0. The summed E-state index contributed by atoms with van der Waals surface area (Å²) in [5.41, 5.74) is 6.73. The van der Waals surface area contributed by atoms with E-state index in [1.54, 1.807) is 6.07 Å². The summed E-state index contributed by atoms with van der Waals surface area (Å²) >= 11 is 6.04. The zero-order chi connectivity index (χ0) is 15.0. The van der Waals surface area contributed by atoms with Crippen molar-refractivity contribution in [2.24, 2.45) is 11.7 Å². The molecule has 2 unspecified atom stereocenters. The van der Waals surface area contributed by atoms with E-state index in [-0.39, 0.29) is 11.9 Å². The van der Waals surface area contributed by atoms with Gasteiger partial charge in [-0.1, -0.05) is 18.5 Å². The highest BCUT2D eigenvalue weighted by Gasteiger charge is 2.25. The van der Waals surface area contributed by atoms with Crippen LogP contribution >= 0.6 is 11.6 Å². The largest absolute Gasteiger partial charge is 0.338 e. The monoisotopic (exact) mass is 309 g/mol. The molecule has 0 aliphatic carbocycles. The summed E-state index contributed by atoms with van der Waals surface area (Å²) in [6.07, 6.45) is 1.02. The van der Waals surface area contributed by atoms with Crippen LogP contribution in [0, 0.1) is 11.7 Å². The minimum absolute atomic E-state index is 0.120. The molecule has 1 aromatic carbocycles. The first kappa shape index (κ1) is 14.3. The average Bonchev–Trinajstić information content (AvgIpc) is 2.91. The minimum atomic E-state index is -0.375. The van der Waals surface area contributed by atoms with Crippen LogP contribution in [-0.4, -0.2) is 34.3 Å². The second-order valence-corrected chi connectivity index (χ2v) is 5.89. The number of halogens is 2. The van der Waals surface area contributed by atoms with E-state index in [1.807, 2.05) is 0 Å². The molecule has 1 aliphatic rings. The van der Waals surface area contributed by atoms with Crippen molar-refractivity contribution in [1.82, 2.24) is 15.2 Å². The van der Waals surface area contributed by atoms with Gasteiger partial charge in [-0.05, 0) is 30.5 Å². The third kappa shape index (κ3) is 2.87. The fourth-order valence-electron chi connectivity index (χ4n) is 2.48. The zero-order valence-electron chi connectivity index (χ0n) is 11.7. The van der Waals surface area contributed by atoms with Crippen LogP contribution < -0.4 is 10.6 Å². The third-order valence-electron chi connectivity index (χ3n) is 3.96. The lowest BCUT2D eigenvalue weighted by molar-refractivity contribution is 0.376. The van der Waals surface area contributed by atoms with Crippen LogP contribution in [0.2, 0.25) is 5.02 Å². The maximum atomic E-state index is 13.1. The Bertz CT molecular complexity index is 644. The highest BCUT2D eigenvalue weighted by molar-refractivity contribution is 6.33. The Morgan fingerprint density at radius 3 is 3.00 bits per heavy atom. The Kier molecular flexibility index (Phi) is 3.82. The van der Waals surface area contributed by atoms with Crippen molar-refractivity contribution in [2.45, 2.75) is 19.4 Å². The van der Waals surface area contributed by atoms with E-state index in [4.69, 9.17) is 17.3 Å². The van der Waals surface area contributed by atoms with E-state index in [0.717, 1.165) is 19.5 Å². The highest BCUT2D eigenvalue weighted by atomic mass is 35.5. The predicted molar refractivity (Wildman–Crippen MR) is 80.8 cm³/mol. The van der Waals surface area contributed by atoms with Crippen LogP contribution in [0.1, 0.15) is 13.3 Å². The molecule has 0 saturated carbocycles. The van der Waals surface area contributed by atoms with E-state index in [9.17, 15) is 4.39 Å². The maximum Gasteiger partial charge on any atom is 0.245 e. The normalized spacial score (nSPS) is 22.6. The molecule has 5 nitrogen and oxygen atoms in total. The van der Waals surface area contributed by atoms with Gasteiger partial charge in [-0.25, -0.2) is 4.39 Å². The number of rotatable bonds is 2. The first-order valence-corrected chi connectivity index (χ1v) is 7.30. The van der Waals surface area contributed by atoms with Gasteiger partial charge in [-0.2, -0.15) is 4.98 Å². The summed E-state index contributed by atoms with van der Waals surface area (Å²) in [7, 11) is 0. The topological polar surface area (TPSA) is 70.8 Å². The number of piperidine rings is 1. The van der Waals surface area contributed by atoms with Crippen molar-refractivity contribution in [3.8, 4) is 11.4 Å². The van der Waals surface area contributed by atoms with Crippen molar-refractivity contribution in [1.29, 1.82) is 0 Å². The van der Waals surface area contributed by atoms with Gasteiger partial charge in [0.25, 0.3) is 0 Å². The fraction of sp³-hybridized carbons (Fsp3) is 0.429. The van der Waals surface area contributed by atoms with Crippen molar-refractivity contribution < 1.29 is 4.39 Å². The van der Waals surface area contributed by atoms with E-state index < -0.39 is 0 Å². The summed E-state index contributed by atoms with van der Waals surface area (Å²) < 4.78 is 13.1. The molecule has 0 radical (unpaired) electrons. The van der Waals surface area contributed by atoms with Crippen molar-refractivity contribution in [3.63, 3.8) is 0 Å². The van der Waals surface area contributed by atoms with Gasteiger partial charge in [0, 0.05) is 24.7 Å². The number of aromatic nitrogens is 3. The molecule has 1 saturated heterocycles. The summed E-state index contributed by atoms with van der Waals surface area (Å²) in [5.74, 6) is 1.26. The van der Waals surface area contributed by atoms with Crippen LogP contribution in [0.4, 0.5) is 10.3 Å². The lowest BCUT2D eigenvalue weighted by atomic mass is 9.95. The number of H-pyrrole nitrogens is 1. The predicted octanol–water partition coefficient (Wildman–Crippen LogP) is 2.44. The summed E-state index contributed by atoms with van der Waals surface area (Å²) in [6.45, 7) is 3.77. The third-order valence-corrected chi connectivity index (χ3v) is 4.27. The molecule has 1 fully saturated rings. The van der Waals surface area contributed by atoms with Gasteiger partial charge in [0.2, 0.25) is 5.95 Å². The number of nitrogens with zero attached hydrogens (tertiary/aromatic N) is 3. The van der Waals surface area contributed by atoms with Gasteiger partial charge in [0.15, 0.2) is 5.82 Å². The number of aromatic amines is 1. The molecular weight excluding hydrogens is 293 g/mol. The molecule has 3 rings (SSSR count). The number of hydrogen-bond acceptors (Lipinski definition) is 4. The maximum absolute atomic E-state index is 13.1. The van der Waals surface area contributed by atoms with Crippen LogP contribution in [0.5, 0.6) is 0 Å². The van der Waals surface area contributed by atoms with Crippen molar-refractivity contribution in [3.05, 3.63) is 29.0 Å². The number of anilines is 1. The molecule has 2 atom stereocenters. The molecule has 2 aromatic rings. The molecular formula is C14H17ClFN5. The fourth-order valence-corrected chi connectivity index (χ4v) is 2.73. The van der Waals surface area contributed by atoms with Gasteiger partial charge in [0.05, 0.1) is 5.02 Å². The Balaban J connectivity index is 1.83. The van der Waals surface area contributed by atoms with Crippen LogP contribution in [0.3, 0.4) is 0 Å². The van der Waals surface area contributed by atoms with E-state index in [1.165, 1.54) is 12.1 Å². The molecule has 7 heteroatoms. The quantitative estimate of drug-likeness (QED) is 0.894. The highest BCUT2D eigenvalue weighted by Crippen LogP contribution is 2.27. The second kappa shape index (κ2) is 5.61. The lowest BCUT2D eigenvalue weighted by Gasteiger charge is -2.34. The van der Waals surface area contributed by atoms with Gasteiger partial charge in [-0.15, -0.1) is 5.10 Å². The lowest BCUT2D eigenvalue weighted by Crippen LogP contribution is -2.48. The second-order valence-electron chi connectivity index (χ2n) is 5.48. The first-order valence-electron chi connectivity index (χ1n) is 6.93. The molecule has 3 N–H and O–H groups in total. The number of hydrogen-bond donors (Lipinski definition) is 2. The molecule has 112 valence electrons. The van der Waals surface area contributed by atoms with E-state index in [0.29, 0.717) is 28.3 Å². The van der Waals surface area contributed by atoms with Crippen molar-refractivity contribution >= 4 is 17.5 Å². The van der Waals surface area contributed by atoms with Crippen LogP contribution in [0.15, 0.2) is 18.2 Å². The van der Waals surface area contributed by atoms with Crippen LogP contribution in [-0.2, 0) is 0 Å². The van der Waals surface area contributed by atoms with Gasteiger partial charge in [-0.3, -0.25) is 5.10 Å². The number of nitrogens with two attached hydrogens (primary N) is 1. The van der Waals surface area contributed by atoms with Crippen LogP contribution in [0.25, 0.3) is 11.4 Å². The number of nitrogens with one attached hydrogen (secondary N) is 1. The van der Waals surface area contributed by atoms with Gasteiger partial charge >= 0.3 is 0 Å².